The van der Waals surface area contributed by atoms with Crippen molar-refractivity contribution in [2.75, 3.05) is 6.54 Å². The Morgan fingerprint density at radius 3 is 2.42 bits per heavy atom. The van der Waals surface area contributed by atoms with E-state index in [0.29, 0.717) is 32.4 Å². The number of unbranched alkanes of at least 4 members (excludes halogenated alkanes) is 1. The van der Waals surface area contributed by atoms with Gasteiger partial charge in [-0.3, -0.25) is 9.59 Å². The van der Waals surface area contributed by atoms with Gasteiger partial charge in [-0.1, -0.05) is 24.3 Å². The number of primary amides is 1. The highest BCUT2D eigenvalue weighted by Crippen LogP contribution is 2.08. The first kappa shape index (κ1) is 15.2. The van der Waals surface area contributed by atoms with Crippen molar-refractivity contribution in [3.05, 3.63) is 35.4 Å². The number of hydrogen-bond donors (Lipinski definition) is 3. The van der Waals surface area contributed by atoms with Crippen molar-refractivity contribution < 1.29 is 9.59 Å². The summed E-state index contributed by atoms with van der Waals surface area (Å²) < 4.78 is 0. The Bertz CT molecular complexity index is 432. The lowest BCUT2D eigenvalue weighted by Gasteiger charge is -2.08. The van der Waals surface area contributed by atoms with Crippen LogP contribution in [0.25, 0.3) is 0 Å². The van der Waals surface area contributed by atoms with Gasteiger partial charge < -0.3 is 16.8 Å². The lowest BCUT2D eigenvalue weighted by Crippen LogP contribution is -2.26. The van der Waals surface area contributed by atoms with Gasteiger partial charge in [0.1, 0.15) is 0 Å². The van der Waals surface area contributed by atoms with E-state index < -0.39 is 0 Å². The van der Waals surface area contributed by atoms with Crippen molar-refractivity contribution >= 4 is 11.8 Å². The Morgan fingerprint density at radius 1 is 1.11 bits per heavy atom. The van der Waals surface area contributed by atoms with Crippen LogP contribution in [0, 0.1) is 0 Å². The maximum Gasteiger partial charge on any atom is 0.224 e. The fourth-order valence-corrected chi connectivity index (χ4v) is 1.82. The van der Waals surface area contributed by atoms with Crippen LogP contribution in [-0.2, 0) is 22.6 Å². The summed E-state index contributed by atoms with van der Waals surface area (Å²) in [6.07, 6.45) is 2.16. The van der Waals surface area contributed by atoms with Crippen LogP contribution in [0.5, 0.6) is 0 Å². The molecule has 19 heavy (non-hydrogen) atoms. The number of carbonyl (C=O) groups is 2. The quantitative estimate of drug-likeness (QED) is 0.594. The third-order valence-corrected chi connectivity index (χ3v) is 2.86. The molecule has 0 unspecified atom stereocenters. The molecule has 104 valence electrons. The second-order valence-corrected chi connectivity index (χ2v) is 4.42. The second-order valence-electron chi connectivity index (χ2n) is 4.42. The molecule has 5 nitrogen and oxygen atoms in total. The third-order valence-electron chi connectivity index (χ3n) is 2.86. The highest BCUT2D eigenvalue weighted by atomic mass is 16.1. The van der Waals surface area contributed by atoms with Crippen molar-refractivity contribution in [2.45, 2.75) is 32.2 Å². The smallest absolute Gasteiger partial charge is 0.224 e. The molecule has 5 N–H and O–H groups in total. The summed E-state index contributed by atoms with van der Waals surface area (Å²) in [6, 6.07) is 7.65. The summed E-state index contributed by atoms with van der Waals surface area (Å²) in [5.41, 5.74) is 12.6. The summed E-state index contributed by atoms with van der Waals surface area (Å²) in [6.45, 7) is 0.999. The van der Waals surface area contributed by atoms with E-state index in [-0.39, 0.29) is 11.8 Å². The van der Waals surface area contributed by atoms with Crippen LogP contribution in [0.4, 0.5) is 0 Å². The molecule has 1 aromatic rings. The van der Waals surface area contributed by atoms with Gasteiger partial charge in [0.05, 0.1) is 6.42 Å². The molecule has 0 saturated carbocycles. The van der Waals surface area contributed by atoms with Crippen molar-refractivity contribution in [2.24, 2.45) is 11.5 Å². The van der Waals surface area contributed by atoms with Crippen molar-refractivity contribution in [3.63, 3.8) is 0 Å². The van der Waals surface area contributed by atoms with E-state index in [1.165, 1.54) is 0 Å². The molecule has 0 aromatic heterocycles. The largest absolute Gasteiger partial charge is 0.370 e. The molecule has 1 rings (SSSR count). The molecular formula is C14H21N3O2. The van der Waals surface area contributed by atoms with Crippen LogP contribution < -0.4 is 16.8 Å². The van der Waals surface area contributed by atoms with Gasteiger partial charge in [0.15, 0.2) is 0 Å². The normalized spacial score (nSPS) is 10.2. The average Bonchev–Trinajstić information content (AvgIpc) is 2.38. The Balaban J connectivity index is 2.29. The maximum absolute atomic E-state index is 11.7. The van der Waals surface area contributed by atoms with Gasteiger partial charge in [0.25, 0.3) is 0 Å². The van der Waals surface area contributed by atoms with E-state index in [0.717, 1.165) is 17.5 Å². The molecule has 0 atom stereocenters. The lowest BCUT2D eigenvalue weighted by atomic mass is 10.0. The lowest BCUT2D eigenvalue weighted by molar-refractivity contribution is -0.120. The Morgan fingerprint density at radius 2 is 1.79 bits per heavy atom. The fraction of sp³-hybridized carbons (Fsp3) is 0.429. The van der Waals surface area contributed by atoms with Crippen LogP contribution in [0.2, 0.25) is 0 Å². The van der Waals surface area contributed by atoms with Gasteiger partial charge >= 0.3 is 0 Å². The Kier molecular flexibility index (Phi) is 6.60. The monoisotopic (exact) mass is 263 g/mol. The number of amides is 2. The summed E-state index contributed by atoms with van der Waals surface area (Å²) >= 11 is 0. The second kappa shape index (κ2) is 8.26. The molecule has 1 aromatic carbocycles. The number of carbonyl (C=O) groups excluding carboxylic acids is 2. The zero-order valence-corrected chi connectivity index (χ0v) is 11.0. The number of hydrogen-bond acceptors (Lipinski definition) is 3. The summed E-state index contributed by atoms with van der Waals surface area (Å²) in [5, 5.41) is 2.82. The summed E-state index contributed by atoms with van der Waals surface area (Å²) in [4.78, 5) is 22.3. The summed E-state index contributed by atoms with van der Waals surface area (Å²) in [5.74, 6) is -0.330. The van der Waals surface area contributed by atoms with E-state index >= 15 is 0 Å². The maximum atomic E-state index is 11.7. The first-order valence-corrected chi connectivity index (χ1v) is 6.45. The molecule has 0 heterocycles. The average molecular weight is 263 g/mol. The van der Waals surface area contributed by atoms with E-state index in [1.807, 2.05) is 24.3 Å². The minimum atomic E-state index is -0.303. The molecule has 0 aliphatic heterocycles. The predicted octanol–water partition coefficient (Wildman–Crippen LogP) is 0.460. The van der Waals surface area contributed by atoms with Crippen molar-refractivity contribution in [1.29, 1.82) is 0 Å². The molecule has 0 saturated heterocycles. The van der Waals surface area contributed by atoms with E-state index in [4.69, 9.17) is 11.5 Å². The topological polar surface area (TPSA) is 98.2 Å². The van der Waals surface area contributed by atoms with E-state index in [1.54, 1.807) is 0 Å². The van der Waals surface area contributed by atoms with Gasteiger partial charge in [-0.15, -0.1) is 0 Å². The minimum Gasteiger partial charge on any atom is -0.370 e. The fourth-order valence-electron chi connectivity index (χ4n) is 1.82. The van der Waals surface area contributed by atoms with Crippen LogP contribution in [0.3, 0.4) is 0 Å². The Hall–Kier alpha value is -1.88. The molecule has 0 spiro atoms. The zero-order chi connectivity index (χ0) is 14.1. The molecule has 2 amide bonds. The molecule has 0 bridgehead atoms. The zero-order valence-electron chi connectivity index (χ0n) is 11.0. The highest BCUT2D eigenvalue weighted by Gasteiger charge is 2.06. The molecule has 0 aliphatic rings. The molecule has 0 fully saturated rings. The number of rotatable bonds is 8. The standard InChI is InChI=1S/C14H21N3O2/c15-10-12-6-2-1-5-11(12)9-14(19)17-8-4-3-7-13(16)18/h1-2,5-6H,3-4,7-10,15H2,(H2,16,18)(H,17,19). The number of benzene rings is 1. The number of nitrogens with one attached hydrogen (secondary N) is 1. The minimum absolute atomic E-state index is 0.0278. The molecular weight excluding hydrogens is 242 g/mol. The summed E-state index contributed by atoms with van der Waals surface area (Å²) in [7, 11) is 0. The predicted molar refractivity (Wildman–Crippen MR) is 74.1 cm³/mol. The van der Waals surface area contributed by atoms with Crippen molar-refractivity contribution in [3.8, 4) is 0 Å². The first-order valence-electron chi connectivity index (χ1n) is 6.45. The number of nitrogens with two attached hydrogens (primary N) is 2. The van der Waals surface area contributed by atoms with Crippen LogP contribution in [-0.4, -0.2) is 18.4 Å². The first-order chi connectivity index (χ1) is 9.13. The van der Waals surface area contributed by atoms with Gasteiger partial charge in [0, 0.05) is 19.5 Å². The molecule has 0 radical (unpaired) electrons. The van der Waals surface area contributed by atoms with Gasteiger partial charge in [-0.25, -0.2) is 0 Å². The van der Waals surface area contributed by atoms with Crippen molar-refractivity contribution in [1.82, 2.24) is 5.32 Å². The van der Waals surface area contributed by atoms with Gasteiger partial charge in [-0.05, 0) is 24.0 Å². The van der Waals surface area contributed by atoms with Crippen LogP contribution >= 0.6 is 0 Å². The van der Waals surface area contributed by atoms with E-state index in [9.17, 15) is 9.59 Å². The van der Waals surface area contributed by atoms with Crippen LogP contribution in [0.1, 0.15) is 30.4 Å². The van der Waals surface area contributed by atoms with Gasteiger partial charge in [0.2, 0.25) is 11.8 Å². The van der Waals surface area contributed by atoms with Gasteiger partial charge in [-0.2, -0.15) is 0 Å². The Labute approximate surface area is 113 Å². The SMILES string of the molecule is NCc1ccccc1CC(=O)NCCCCC(N)=O. The van der Waals surface area contributed by atoms with E-state index in [2.05, 4.69) is 5.32 Å². The highest BCUT2D eigenvalue weighted by molar-refractivity contribution is 5.78. The molecule has 0 aliphatic carbocycles. The van der Waals surface area contributed by atoms with Crippen LogP contribution in [0.15, 0.2) is 24.3 Å². The molecule has 5 heteroatoms. The third kappa shape index (κ3) is 6.01.